The van der Waals surface area contributed by atoms with E-state index in [1.165, 1.54) is 167 Å². The largest absolute Gasteiger partial charge is 0.472 e. The lowest BCUT2D eigenvalue weighted by molar-refractivity contribution is -0.161. The van der Waals surface area contributed by atoms with E-state index < -0.39 is 51.8 Å². The van der Waals surface area contributed by atoms with Gasteiger partial charge in [0.05, 0.1) is 19.8 Å². The van der Waals surface area contributed by atoms with Crippen molar-refractivity contribution in [1.29, 1.82) is 0 Å². The highest BCUT2D eigenvalue weighted by molar-refractivity contribution is 7.47. The smallest absolute Gasteiger partial charge is 0.462 e. The second-order valence-electron chi connectivity index (χ2n) is 17.6. The molecule has 3 atom stereocenters. The molecule has 0 saturated carbocycles. The van der Waals surface area contributed by atoms with Crippen LogP contribution in [0.2, 0.25) is 0 Å². The van der Waals surface area contributed by atoms with E-state index in [4.69, 9.17) is 23.6 Å². The standard InChI is InChI=1S/C50H97O10P/c1-3-5-7-9-11-13-15-17-19-20-21-22-23-24-25-26-28-29-31-33-35-37-39-41-49(53)57-45-48(46-59-61(55,56)58-44-47(52)43-51)60-50(54)42-40-38-36-34-32-30-27-18-16-14-12-10-8-6-4-2/h18,27,47-48,51-52H,3-17,19-26,28-46H2,1-2H3,(H,55,56)/b27-18+/t47-,48+/m1/s1. The van der Waals surface area contributed by atoms with Crippen molar-refractivity contribution in [1.82, 2.24) is 0 Å². The summed E-state index contributed by atoms with van der Waals surface area (Å²) < 4.78 is 32.8. The fraction of sp³-hybridized carbons (Fsp3) is 0.920. The maximum absolute atomic E-state index is 12.6. The van der Waals surface area contributed by atoms with Crippen LogP contribution in [0.3, 0.4) is 0 Å². The van der Waals surface area contributed by atoms with E-state index in [-0.39, 0.29) is 19.4 Å². The van der Waals surface area contributed by atoms with Crippen molar-refractivity contribution in [3.05, 3.63) is 12.2 Å². The molecule has 0 aromatic heterocycles. The van der Waals surface area contributed by atoms with Crippen LogP contribution < -0.4 is 0 Å². The highest BCUT2D eigenvalue weighted by atomic mass is 31.2. The Hall–Kier alpha value is -1.29. The van der Waals surface area contributed by atoms with Gasteiger partial charge in [-0.15, -0.1) is 0 Å². The molecule has 0 saturated heterocycles. The van der Waals surface area contributed by atoms with Crippen LogP contribution in [-0.4, -0.2) is 65.7 Å². The molecule has 0 amide bonds. The van der Waals surface area contributed by atoms with Gasteiger partial charge in [-0.2, -0.15) is 0 Å². The highest BCUT2D eigenvalue weighted by Gasteiger charge is 2.27. The Balaban J connectivity index is 4.10. The number of unbranched alkanes of at least 4 members (excludes halogenated alkanes) is 33. The van der Waals surface area contributed by atoms with Crippen LogP contribution in [0.15, 0.2) is 12.2 Å². The van der Waals surface area contributed by atoms with E-state index in [9.17, 15) is 24.2 Å². The molecule has 0 aliphatic carbocycles. The van der Waals surface area contributed by atoms with Crippen molar-refractivity contribution in [3.63, 3.8) is 0 Å². The van der Waals surface area contributed by atoms with Gasteiger partial charge >= 0.3 is 19.8 Å². The number of aliphatic hydroxyl groups excluding tert-OH is 2. The molecule has 0 rings (SSSR count). The maximum atomic E-state index is 12.6. The molecular weight excluding hydrogens is 792 g/mol. The number of hydrogen-bond acceptors (Lipinski definition) is 9. The number of ether oxygens (including phenoxy) is 2. The number of phosphoric acid groups is 1. The van der Waals surface area contributed by atoms with Crippen molar-refractivity contribution in [3.8, 4) is 0 Å². The number of carbonyl (C=O) groups excluding carboxylic acids is 2. The van der Waals surface area contributed by atoms with Crippen LogP contribution in [-0.2, 0) is 32.7 Å². The summed E-state index contributed by atoms with van der Waals surface area (Å²) in [5.41, 5.74) is 0. The molecule has 0 aliphatic rings. The van der Waals surface area contributed by atoms with Gasteiger partial charge in [0.2, 0.25) is 0 Å². The monoisotopic (exact) mass is 889 g/mol. The number of phosphoric ester groups is 1. The lowest BCUT2D eigenvalue weighted by atomic mass is 10.0. The Kier molecular flexibility index (Phi) is 45.7. The van der Waals surface area contributed by atoms with E-state index in [1.54, 1.807) is 0 Å². The summed E-state index contributed by atoms with van der Waals surface area (Å²) in [6, 6.07) is 0. The van der Waals surface area contributed by atoms with Crippen LogP contribution in [0.25, 0.3) is 0 Å². The summed E-state index contributed by atoms with van der Waals surface area (Å²) in [4.78, 5) is 35.1. The lowest BCUT2D eigenvalue weighted by Gasteiger charge is -2.20. The first kappa shape index (κ1) is 59.7. The predicted octanol–water partition coefficient (Wildman–Crippen LogP) is 14.3. The molecule has 0 aromatic rings. The molecule has 10 nitrogen and oxygen atoms in total. The molecule has 0 radical (unpaired) electrons. The minimum Gasteiger partial charge on any atom is -0.462 e. The van der Waals surface area contributed by atoms with Gasteiger partial charge in [0, 0.05) is 12.8 Å². The van der Waals surface area contributed by atoms with E-state index in [0.29, 0.717) is 12.8 Å². The van der Waals surface area contributed by atoms with Crippen LogP contribution in [0.5, 0.6) is 0 Å². The first-order valence-corrected chi connectivity index (χ1v) is 27.1. The number of allylic oxidation sites excluding steroid dienone is 2. The van der Waals surface area contributed by atoms with Crippen molar-refractivity contribution < 1.29 is 47.8 Å². The Morgan fingerprint density at radius 2 is 0.803 bits per heavy atom. The van der Waals surface area contributed by atoms with E-state index in [0.717, 1.165) is 51.4 Å². The first-order valence-electron chi connectivity index (χ1n) is 25.6. The third kappa shape index (κ3) is 46.5. The zero-order chi connectivity index (χ0) is 44.8. The first-order chi connectivity index (χ1) is 29.7. The molecule has 3 N–H and O–H groups in total. The fourth-order valence-corrected chi connectivity index (χ4v) is 8.25. The molecule has 0 aromatic carbocycles. The molecule has 61 heavy (non-hydrogen) atoms. The van der Waals surface area contributed by atoms with Gasteiger partial charge in [0.25, 0.3) is 0 Å². The third-order valence-electron chi connectivity index (χ3n) is 11.4. The minimum absolute atomic E-state index is 0.179. The number of esters is 2. The van der Waals surface area contributed by atoms with Crippen molar-refractivity contribution in [2.24, 2.45) is 0 Å². The highest BCUT2D eigenvalue weighted by Crippen LogP contribution is 2.43. The second-order valence-corrected chi connectivity index (χ2v) is 19.0. The van der Waals surface area contributed by atoms with Crippen LogP contribution in [0.4, 0.5) is 0 Å². The Bertz CT molecular complexity index is 1020. The summed E-state index contributed by atoms with van der Waals surface area (Å²) in [5, 5.41) is 18.4. The molecule has 0 aliphatic heterocycles. The molecular formula is C50H97O10P. The van der Waals surface area contributed by atoms with Gasteiger partial charge in [-0.25, -0.2) is 4.57 Å². The molecule has 0 bridgehead atoms. The fourth-order valence-electron chi connectivity index (χ4n) is 7.46. The SMILES string of the molecule is CCCCCCCC/C=C/CCCCCCCC(=O)O[C@@H](COC(=O)CCCCCCCCCCCCCCCCCCCCCCCCC)COP(=O)(O)OC[C@H](O)CO. The summed E-state index contributed by atoms with van der Waals surface area (Å²) in [7, 11) is -4.62. The molecule has 0 fully saturated rings. The maximum Gasteiger partial charge on any atom is 0.472 e. The van der Waals surface area contributed by atoms with Gasteiger partial charge in [0.1, 0.15) is 12.7 Å². The third-order valence-corrected chi connectivity index (χ3v) is 12.4. The molecule has 0 heterocycles. The number of hydrogen-bond donors (Lipinski definition) is 3. The lowest BCUT2D eigenvalue weighted by Crippen LogP contribution is -2.29. The summed E-state index contributed by atoms with van der Waals surface area (Å²) in [6.45, 7) is 2.42. The number of carbonyl (C=O) groups is 2. The van der Waals surface area contributed by atoms with Crippen molar-refractivity contribution in [2.75, 3.05) is 26.4 Å². The van der Waals surface area contributed by atoms with Gasteiger partial charge in [0.15, 0.2) is 6.10 Å². The molecule has 0 spiro atoms. The minimum atomic E-state index is -4.62. The molecule has 362 valence electrons. The average molecular weight is 889 g/mol. The Labute approximate surface area is 375 Å². The zero-order valence-electron chi connectivity index (χ0n) is 39.7. The van der Waals surface area contributed by atoms with Crippen LogP contribution >= 0.6 is 7.82 Å². The van der Waals surface area contributed by atoms with Crippen LogP contribution in [0, 0.1) is 0 Å². The van der Waals surface area contributed by atoms with Gasteiger partial charge in [-0.1, -0.05) is 219 Å². The van der Waals surface area contributed by atoms with E-state index in [2.05, 4.69) is 26.0 Å². The average Bonchev–Trinajstić information content (AvgIpc) is 3.25. The summed E-state index contributed by atoms with van der Waals surface area (Å²) >= 11 is 0. The van der Waals surface area contributed by atoms with Crippen molar-refractivity contribution in [2.45, 2.75) is 270 Å². The number of aliphatic hydroxyl groups is 2. The van der Waals surface area contributed by atoms with Crippen LogP contribution in [0.1, 0.15) is 258 Å². The molecule has 1 unspecified atom stereocenters. The normalized spacial score (nSPS) is 13.7. The topological polar surface area (TPSA) is 149 Å². The zero-order valence-corrected chi connectivity index (χ0v) is 40.5. The Morgan fingerprint density at radius 1 is 0.475 bits per heavy atom. The van der Waals surface area contributed by atoms with E-state index in [1.807, 2.05) is 0 Å². The predicted molar refractivity (Wildman–Crippen MR) is 252 cm³/mol. The molecule has 11 heteroatoms. The van der Waals surface area contributed by atoms with Crippen molar-refractivity contribution >= 4 is 19.8 Å². The number of rotatable bonds is 49. The quantitative estimate of drug-likeness (QED) is 0.0233. The Morgan fingerprint density at radius 3 is 1.18 bits per heavy atom. The summed E-state index contributed by atoms with van der Waals surface area (Å²) in [5.74, 6) is -0.919. The summed E-state index contributed by atoms with van der Waals surface area (Å²) in [6.07, 6.45) is 47.6. The van der Waals surface area contributed by atoms with Gasteiger partial charge in [-0.05, 0) is 38.5 Å². The second kappa shape index (κ2) is 46.7. The van der Waals surface area contributed by atoms with Gasteiger partial charge in [-0.3, -0.25) is 18.6 Å². The van der Waals surface area contributed by atoms with E-state index >= 15 is 0 Å². The van der Waals surface area contributed by atoms with Gasteiger partial charge < -0.3 is 24.6 Å².